The molecular weight excluding hydrogens is 412 g/mol. The number of nitrogen functional groups attached to an aromatic ring is 1. The van der Waals surface area contributed by atoms with Crippen molar-refractivity contribution in [1.29, 1.82) is 0 Å². The number of aromatic amines is 1. The third-order valence-corrected chi connectivity index (χ3v) is 5.10. The Morgan fingerprint density at radius 1 is 1.39 bits per heavy atom. The van der Waals surface area contributed by atoms with Crippen LogP contribution in [0.5, 0.6) is 5.88 Å². The summed E-state index contributed by atoms with van der Waals surface area (Å²) in [5, 5.41) is 11.8. The normalized spacial score (nSPS) is 17.4. The van der Waals surface area contributed by atoms with Gasteiger partial charge < -0.3 is 21.3 Å². The van der Waals surface area contributed by atoms with Crippen LogP contribution < -0.4 is 22.3 Å². The highest BCUT2D eigenvalue weighted by Gasteiger charge is 2.32. The smallest absolute Gasteiger partial charge is 0.411 e. The average molecular weight is 428 g/mol. The molecule has 1 unspecified atom stereocenters. The van der Waals surface area contributed by atoms with Gasteiger partial charge in [-0.3, -0.25) is 24.9 Å². The molecule has 2 aliphatic heterocycles. The number of ether oxygens (including phenoxy) is 1. The Morgan fingerprint density at radius 3 is 2.71 bits per heavy atom. The van der Waals surface area contributed by atoms with Gasteiger partial charge in [-0.15, -0.1) is 11.8 Å². The molecule has 15 heteroatoms. The molecule has 0 saturated carbocycles. The predicted octanol–water partition coefficient (Wildman–Crippen LogP) is -0.300. The number of aromatic nitrogens is 2. The second-order valence-corrected chi connectivity index (χ2v) is 7.11. The number of fused-ring (bicyclic) bond motifs is 1. The Bertz CT molecular complexity index is 941. The molecule has 13 nitrogen and oxygen atoms in total. The molecule has 150 valence electrons. The number of rotatable bonds is 3. The van der Waals surface area contributed by atoms with Crippen LogP contribution >= 0.6 is 23.5 Å². The molecule has 1 aromatic heterocycles. The van der Waals surface area contributed by atoms with E-state index in [4.69, 9.17) is 11.5 Å². The number of amides is 2. The molecule has 0 radical (unpaired) electrons. The second-order valence-electron chi connectivity index (χ2n) is 4.83. The monoisotopic (exact) mass is 428 g/mol. The first kappa shape index (κ1) is 21.2. The summed E-state index contributed by atoms with van der Waals surface area (Å²) in [6.45, 7) is 1.75. The summed E-state index contributed by atoms with van der Waals surface area (Å²) in [4.78, 5) is 50.4. The van der Waals surface area contributed by atoms with E-state index in [2.05, 4.69) is 29.7 Å². The van der Waals surface area contributed by atoms with Crippen molar-refractivity contribution in [3.63, 3.8) is 0 Å². The van der Waals surface area contributed by atoms with Crippen LogP contribution in [-0.2, 0) is 9.53 Å². The van der Waals surface area contributed by atoms with E-state index in [1.807, 2.05) is 11.6 Å². The molecule has 3 rings (SSSR count). The first-order chi connectivity index (χ1) is 13.2. The Morgan fingerprint density at radius 2 is 2.11 bits per heavy atom. The number of aromatic hydroxyl groups is 1. The van der Waals surface area contributed by atoms with Crippen LogP contribution in [0.1, 0.15) is 6.92 Å². The number of hydrogen-bond acceptors (Lipinski definition) is 12. The lowest BCUT2D eigenvalue weighted by atomic mass is 10.3. The van der Waals surface area contributed by atoms with Crippen molar-refractivity contribution in [2.24, 2.45) is 20.7 Å². The largest absolute Gasteiger partial charge is 0.492 e. The molecule has 1 atom stereocenters. The summed E-state index contributed by atoms with van der Waals surface area (Å²) in [6, 6.07) is 0. The molecule has 0 saturated heterocycles. The molecular formula is C13H16N8O5S2. The van der Waals surface area contributed by atoms with Gasteiger partial charge >= 0.3 is 12.0 Å². The highest BCUT2D eigenvalue weighted by molar-refractivity contribution is 8.26. The topological polar surface area (TPSA) is 210 Å². The first-order valence-corrected chi connectivity index (χ1v) is 9.69. The zero-order chi connectivity index (χ0) is 20.8. The van der Waals surface area contributed by atoms with Crippen molar-refractivity contribution in [3.8, 4) is 5.88 Å². The quantitative estimate of drug-likeness (QED) is 0.424. The van der Waals surface area contributed by atoms with Gasteiger partial charge in [0.15, 0.2) is 11.4 Å². The van der Waals surface area contributed by atoms with Crippen LogP contribution in [0.2, 0.25) is 0 Å². The number of hydrogen-bond donors (Lipinski definition) is 5. The molecule has 2 aliphatic rings. The summed E-state index contributed by atoms with van der Waals surface area (Å²) in [6.07, 6.45) is 1.07. The number of thioether (sulfide) groups is 2. The molecule has 0 spiro atoms. The average Bonchev–Trinajstić information content (AvgIpc) is 3.02. The SMILES string of the molecule is CCOC(=O)Nc1c(O)nc(N)[nH]c1=O.CSC1N=C2C(=O)N=C(N)N=C2S1. The lowest BCUT2D eigenvalue weighted by Gasteiger charge is -2.05. The molecule has 3 heterocycles. The maximum atomic E-state index is 11.2. The minimum absolute atomic E-state index is 0.0128. The lowest BCUT2D eigenvalue weighted by molar-refractivity contribution is -0.111. The fourth-order valence-electron chi connectivity index (χ4n) is 1.81. The minimum Gasteiger partial charge on any atom is -0.492 e. The first-order valence-electron chi connectivity index (χ1n) is 7.52. The summed E-state index contributed by atoms with van der Waals surface area (Å²) in [5.74, 6) is -1.27. The highest BCUT2D eigenvalue weighted by Crippen LogP contribution is 2.31. The maximum Gasteiger partial charge on any atom is 0.411 e. The Hall–Kier alpha value is -3.07. The van der Waals surface area contributed by atoms with Crippen LogP contribution in [0.15, 0.2) is 19.8 Å². The third kappa shape index (κ3) is 5.23. The van der Waals surface area contributed by atoms with E-state index < -0.39 is 23.2 Å². The number of nitrogens with one attached hydrogen (secondary N) is 2. The number of H-pyrrole nitrogens is 1. The number of carbonyl (C=O) groups is 2. The molecule has 2 amide bonds. The summed E-state index contributed by atoms with van der Waals surface area (Å²) in [5.41, 5.74) is 9.67. The van der Waals surface area contributed by atoms with Crippen molar-refractivity contribution in [3.05, 3.63) is 10.4 Å². The van der Waals surface area contributed by atoms with Crippen LogP contribution in [0.25, 0.3) is 0 Å². The van der Waals surface area contributed by atoms with Gasteiger partial charge in [0.2, 0.25) is 17.8 Å². The van der Waals surface area contributed by atoms with Gasteiger partial charge in [-0.1, -0.05) is 11.8 Å². The summed E-state index contributed by atoms with van der Waals surface area (Å²) >= 11 is 2.98. The van der Waals surface area contributed by atoms with Gasteiger partial charge in [0.05, 0.1) is 6.61 Å². The predicted molar refractivity (Wildman–Crippen MR) is 108 cm³/mol. The van der Waals surface area contributed by atoms with Crippen LogP contribution in [0.4, 0.5) is 16.4 Å². The number of aliphatic imine (C=N–C) groups is 3. The van der Waals surface area contributed by atoms with E-state index in [-0.39, 0.29) is 29.1 Å². The molecule has 7 N–H and O–H groups in total. The molecule has 0 bridgehead atoms. The van der Waals surface area contributed by atoms with E-state index in [1.54, 1.807) is 18.7 Å². The van der Waals surface area contributed by atoms with Gasteiger partial charge in [-0.05, 0) is 13.2 Å². The summed E-state index contributed by atoms with van der Waals surface area (Å²) < 4.78 is 4.53. The van der Waals surface area contributed by atoms with Gasteiger partial charge in [-0.2, -0.15) is 9.98 Å². The van der Waals surface area contributed by atoms with E-state index >= 15 is 0 Å². The Kier molecular flexibility index (Phi) is 7.00. The second kappa shape index (κ2) is 9.23. The standard InChI is InChI=1S/C7H10N4O4.C6H6N4OS2/c1-2-15-7(14)9-3-4(12)10-6(8)11-5(3)13;1-12-6-8-2-3(11)9-5(7)10-4(2)13-6/h2H2,1H3,(H,9,14)(H4,8,10,11,12,13);6H,1H3,(H2,7,9,11). The van der Waals surface area contributed by atoms with Crippen molar-refractivity contribution in [2.45, 2.75) is 11.6 Å². The van der Waals surface area contributed by atoms with Crippen molar-refractivity contribution in [1.82, 2.24) is 9.97 Å². The molecule has 0 aromatic carbocycles. The zero-order valence-electron chi connectivity index (χ0n) is 14.6. The molecule has 28 heavy (non-hydrogen) atoms. The fourth-order valence-corrected chi connectivity index (χ4v) is 3.43. The number of guanidine groups is 1. The lowest BCUT2D eigenvalue weighted by Crippen LogP contribution is -2.27. The summed E-state index contributed by atoms with van der Waals surface area (Å²) in [7, 11) is 0. The van der Waals surface area contributed by atoms with Crippen molar-refractivity contribution < 1.29 is 19.4 Å². The minimum atomic E-state index is -0.857. The highest BCUT2D eigenvalue weighted by atomic mass is 32.2. The molecule has 0 aliphatic carbocycles. The molecule has 0 fully saturated rings. The number of nitrogens with two attached hydrogens (primary N) is 2. The number of anilines is 2. The zero-order valence-corrected chi connectivity index (χ0v) is 16.3. The van der Waals surface area contributed by atoms with E-state index in [0.717, 1.165) is 0 Å². The van der Waals surface area contributed by atoms with Gasteiger partial charge in [0.25, 0.3) is 5.56 Å². The number of carbonyl (C=O) groups excluding carboxylic acids is 2. The molecule has 1 aromatic rings. The van der Waals surface area contributed by atoms with Crippen molar-refractivity contribution in [2.75, 3.05) is 23.9 Å². The van der Waals surface area contributed by atoms with Crippen LogP contribution in [-0.4, -0.2) is 61.4 Å². The van der Waals surface area contributed by atoms with Crippen molar-refractivity contribution >= 4 is 63.9 Å². The fraction of sp³-hybridized carbons (Fsp3) is 0.308. The van der Waals surface area contributed by atoms with E-state index in [0.29, 0.717) is 10.8 Å². The van der Waals surface area contributed by atoms with E-state index in [1.165, 1.54) is 11.8 Å². The van der Waals surface area contributed by atoms with Gasteiger partial charge in [-0.25, -0.2) is 9.79 Å². The van der Waals surface area contributed by atoms with Crippen LogP contribution in [0.3, 0.4) is 0 Å². The Labute approximate surface area is 166 Å². The Balaban J connectivity index is 0.000000202. The van der Waals surface area contributed by atoms with E-state index in [9.17, 15) is 19.5 Å². The van der Waals surface area contributed by atoms with Gasteiger partial charge in [0.1, 0.15) is 9.75 Å². The number of nitrogens with zero attached hydrogens (tertiary/aromatic N) is 4. The van der Waals surface area contributed by atoms with Gasteiger partial charge in [0, 0.05) is 0 Å². The maximum absolute atomic E-state index is 11.2. The van der Waals surface area contributed by atoms with Crippen LogP contribution in [0, 0.1) is 0 Å². The third-order valence-electron chi connectivity index (χ3n) is 2.91.